The molecule has 2 aromatic heterocycles. The van der Waals surface area contributed by atoms with Crippen LogP contribution in [0.2, 0.25) is 0 Å². The monoisotopic (exact) mass is 418 g/mol. The molecule has 2 saturated heterocycles. The number of anilines is 1. The van der Waals surface area contributed by atoms with Crippen molar-refractivity contribution in [1.82, 2.24) is 25.1 Å². The summed E-state index contributed by atoms with van der Waals surface area (Å²) in [5.74, 6) is -2.07. The van der Waals surface area contributed by atoms with Gasteiger partial charge in [-0.2, -0.15) is 5.10 Å². The number of nitrogens with one attached hydrogen (secondary N) is 1. The zero-order valence-electron chi connectivity index (χ0n) is 16.6. The molecule has 0 unspecified atom stereocenters. The highest BCUT2D eigenvalue weighted by atomic mass is 19.3. The number of H-pyrrole nitrogens is 1. The number of ether oxygens (including phenoxy) is 1. The van der Waals surface area contributed by atoms with E-state index in [1.165, 1.54) is 0 Å². The first-order chi connectivity index (χ1) is 14.4. The summed E-state index contributed by atoms with van der Waals surface area (Å²) < 4.78 is 32.9. The van der Waals surface area contributed by atoms with Gasteiger partial charge in [0, 0.05) is 57.0 Å². The molecular formula is C20H24F2N6O2. The molecule has 3 aliphatic rings. The van der Waals surface area contributed by atoms with E-state index in [2.05, 4.69) is 15.2 Å². The van der Waals surface area contributed by atoms with Crippen LogP contribution in [0.25, 0.3) is 0 Å². The number of amides is 1. The lowest BCUT2D eigenvalue weighted by atomic mass is 9.80. The lowest BCUT2D eigenvalue weighted by Crippen LogP contribution is -2.43. The maximum atomic E-state index is 13.5. The average Bonchev–Trinajstić information content (AvgIpc) is 3.39. The standard InChI is InChI=1S/C20H24F2N6O2/c21-20(22)2-5-27(6-3-20)18-23-10-15-11-30-13-19(17(15)26-18)1-4-28(12-19)16(29)7-14-8-24-25-9-14/h8-10H,1-7,11-13H2,(H,24,25)/t19-/m0/s1. The molecule has 1 N–H and O–H groups in total. The van der Waals surface area contributed by atoms with Crippen molar-refractivity contribution in [3.05, 3.63) is 35.4 Å². The van der Waals surface area contributed by atoms with Gasteiger partial charge in [0.2, 0.25) is 11.9 Å². The third kappa shape index (κ3) is 3.53. The van der Waals surface area contributed by atoms with Crippen LogP contribution < -0.4 is 4.90 Å². The molecule has 5 heterocycles. The van der Waals surface area contributed by atoms with E-state index in [-0.39, 0.29) is 37.3 Å². The minimum Gasteiger partial charge on any atom is -0.376 e. The fourth-order valence-corrected chi connectivity index (χ4v) is 4.63. The first kappa shape index (κ1) is 19.3. The number of halogens is 2. The Bertz CT molecular complexity index is 927. The van der Waals surface area contributed by atoms with E-state index < -0.39 is 5.92 Å². The number of carbonyl (C=O) groups is 1. The Balaban J connectivity index is 1.36. The summed E-state index contributed by atoms with van der Waals surface area (Å²) in [6, 6.07) is 0. The van der Waals surface area contributed by atoms with Crippen LogP contribution in [-0.2, 0) is 28.0 Å². The molecule has 30 heavy (non-hydrogen) atoms. The summed E-state index contributed by atoms with van der Waals surface area (Å²) in [7, 11) is 0. The summed E-state index contributed by atoms with van der Waals surface area (Å²) in [4.78, 5) is 25.7. The third-order valence-corrected chi connectivity index (χ3v) is 6.38. The summed E-state index contributed by atoms with van der Waals surface area (Å²) in [5.41, 5.74) is 2.29. The van der Waals surface area contributed by atoms with Crippen molar-refractivity contribution in [3.63, 3.8) is 0 Å². The highest BCUT2D eigenvalue weighted by Gasteiger charge is 2.46. The first-order valence-corrected chi connectivity index (χ1v) is 10.3. The van der Waals surface area contributed by atoms with Crippen LogP contribution in [0, 0.1) is 0 Å². The fraction of sp³-hybridized carbons (Fsp3) is 0.600. The van der Waals surface area contributed by atoms with Gasteiger partial charge in [0.25, 0.3) is 5.92 Å². The number of hydrogen-bond donors (Lipinski definition) is 1. The molecule has 2 aromatic rings. The molecule has 0 bridgehead atoms. The normalized spacial score (nSPS) is 25.5. The number of fused-ring (bicyclic) bond motifs is 2. The van der Waals surface area contributed by atoms with Crippen molar-refractivity contribution < 1.29 is 18.3 Å². The number of likely N-dealkylation sites (tertiary alicyclic amines) is 1. The van der Waals surface area contributed by atoms with E-state index in [1.807, 2.05) is 9.80 Å². The van der Waals surface area contributed by atoms with Crippen LogP contribution >= 0.6 is 0 Å². The van der Waals surface area contributed by atoms with Crippen molar-refractivity contribution in [3.8, 4) is 0 Å². The smallest absolute Gasteiger partial charge is 0.251 e. The van der Waals surface area contributed by atoms with Gasteiger partial charge in [-0.05, 0) is 12.0 Å². The molecule has 10 heteroatoms. The summed E-state index contributed by atoms with van der Waals surface area (Å²) in [6.07, 6.45) is 5.83. The van der Waals surface area contributed by atoms with E-state index in [4.69, 9.17) is 9.72 Å². The van der Waals surface area contributed by atoms with E-state index in [9.17, 15) is 13.6 Å². The van der Waals surface area contributed by atoms with Gasteiger partial charge in [-0.25, -0.2) is 18.7 Å². The molecule has 1 amide bonds. The van der Waals surface area contributed by atoms with Crippen LogP contribution in [-0.4, -0.2) is 69.7 Å². The molecule has 8 nitrogen and oxygen atoms in total. The predicted octanol–water partition coefficient (Wildman–Crippen LogP) is 1.68. The van der Waals surface area contributed by atoms with Gasteiger partial charge in [-0.1, -0.05) is 0 Å². The Hall–Kier alpha value is -2.62. The molecule has 5 rings (SSSR count). The molecule has 1 atom stereocenters. The minimum atomic E-state index is -2.61. The summed E-state index contributed by atoms with van der Waals surface area (Å²) in [5, 5.41) is 6.62. The maximum absolute atomic E-state index is 13.5. The molecule has 0 saturated carbocycles. The number of aromatic nitrogens is 4. The average molecular weight is 418 g/mol. The molecule has 0 radical (unpaired) electrons. The second-order valence-corrected chi connectivity index (χ2v) is 8.51. The van der Waals surface area contributed by atoms with Crippen LogP contribution in [0.5, 0.6) is 0 Å². The van der Waals surface area contributed by atoms with E-state index in [0.717, 1.165) is 23.2 Å². The van der Waals surface area contributed by atoms with Crippen molar-refractivity contribution >= 4 is 11.9 Å². The van der Waals surface area contributed by atoms with E-state index in [1.54, 1.807) is 18.6 Å². The van der Waals surface area contributed by atoms with Crippen LogP contribution in [0.1, 0.15) is 36.1 Å². The van der Waals surface area contributed by atoms with E-state index >= 15 is 0 Å². The molecule has 0 aliphatic carbocycles. The number of rotatable bonds is 3. The largest absolute Gasteiger partial charge is 0.376 e. The highest BCUT2D eigenvalue weighted by Crippen LogP contribution is 2.40. The van der Waals surface area contributed by atoms with Crippen molar-refractivity contribution in [2.75, 3.05) is 37.7 Å². The zero-order chi connectivity index (χ0) is 20.8. The second-order valence-electron chi connectivity index (χ2n) is 8.51. The first-order valence-electron chi connectivity index (χ1n) is 10.3. The second kappa shape index (κ2) is 7.26. The van der Waals surface area contributed by atoms with Gasteiger partial charge in [0.15, 0.2) is 0 Å². The molecule has 160 valence electrons. The lowest BCUT2D eigenvalue weighted by Gasteiger charge is -2.36. The Morgan fingerprint density at radius 2 is 2.03 bits per heavy atom. The van der Waals surface area contributed by atoms with Crippen molar-refractivity contribution in [2.24, 2.45) is 0 Å². The van der Waals surface area contributed by atoms with Crippen molar-refractivity contribution in [2.45, 2.75) is 43.6 Å². The molecule has 1 spiro atoms. The predicted molar refractivity (Wildman–Crippen MR) is 103 cm³/mol. The molecule has 2 fully saturated rings. The summed E-state index contributed by atoms with van der Waals surface area (Å²) >= 11 is 0. The maximum Gasteiger partial charge on any atom is 0.251 e. The van der Waals surface area contributed by atoms with Gasteiger partial charge >= 0.3 is 0 Å². The third-order valence-electron chi connectivity index (χ3n) is 6.38. The highest BCUT2D eigenvalue weighted by molar-refractivity contribution is 5.79. The van der Waals surface area contributed by atoms with Gasteiger partial charge in [0.1, 0.15) is 0 Å². The van der Waals surface area contributed by atoms with Gasteiger partial charge in [-0.15, -0.1) is 0 Å². The Morgan fingerprint density at radius 1 is 1.20 bits per heavy atom. The van der Waals surface area contributed by atoms with Gasteiger partial charge < -0.3 is 14.5 Å². The van der Waals surface area contributed by atoms with E-state index in [0.29, 0.717) is 38.7 Å². The number of alkyl halides is 2. The number of hydrogen-bond acceptors (Lipinski definition) is 6. The molecule has 0 aromatic carbocycles. The van der Waals surface area contributed by atoms with Crippen LogP contribution in [0.3, 0.4) is 0 Å². The minimum absolute atomic E-state index is 0.0490. The van der Waals surface area contributed by atoms with Crippen LogP contribution in [0.4, 0.5) is 14.7 Å². The number of aromatic amines is 1. The quantitative estimate of drug-likeness (QED) is 0.816. The summed E-state index contributed by atoms with van der Waals surface area (Å²) in [6.45, 7) is 2.57. The number of piperidine rings is 1. The Kier molecular flexibility index (Phi) is 4.68. The SMILES string of the molecule is O=C(Cc1cn[nH]c1)N1CC[C@@]2(COCc3cnc(N4CCC(F)(F)CC4)nc32)C1. The van der Waals surface area contributed by atoms with Crippen molar-refractivity contribution in [1.29, 1.82) is 0 Å². The molecular weight excluding hydrogens is 394 g/mol. The van der Waals surface area contributed by atoms with Gasteiger partial charge in [-0.3, -0.25) is 9.89 Å². The Labute approximate surface area is 172 Å². The van der Waals surface area contributed by atoms with Gasteiger partial charge in [0.05, 0.1) is 36.9 Å². The lowest BCUT2D eigenvalue weighted by molar-refractivity contribution is -0.129. The number of nitrogens with zero attached hydrogens (tertiary/aromatic N) is 5. The topological polar surface area (TPSA) is 87.2 Å². The Morgan fingerprint density at radius 3 is 2.80 bits per heavy atom. The van der Waals surface area contributed by atoms with Crippen LogP contribution in [0.15, 0.2) is 18.6 Å². The molecule has 3 aliphatic heterocycles. The number of carbonyl (C=O) groups excluding carboxylic acids is 1. The fourth-order valence-electron chi connectivity index (χ4n) is 4.63. The zero-order valence-corrected chi connectivity index (χ0v) is 16.6.